The highest BCUT2D eigenvalue weighted by Crippen LogP contribution is 2.23. The van der Waals surface area contributed by atoms with Crippen molar-refractivity contribution in [2.75, 3.05) is 6.54 Å². The van der Waals surface area contributed by atoms with Gasteiger partial charge in [0.1, 0.15) is 0 Å². The maximum Gasteiger partial charge on any atom is 0.223 e. The summed E-state index contributed by atoms with van der Waals surface area (Å²) in [6, 6.07) is 0.264. The normalized spacial score (nSPS) is 24.5. The lowest BCUT2D eigenvalue weighted by Gasteiger charge is -2.37. The molecular weight excluding hydrogens is 214 g/mol. The van der Waals surface area contributed by atoms with Gasteiger partial charge in [0.25, 0.3) is 0 Å². The fraction of sp³-hybridized carbons (Fsp3) is 0.929. The number of aliphatic hydroxyl groups is 1. The van der Waals surface area contributed by atoms with Gasteiger partial charge in [-0.1, -0.05) is 20.3 Å². The van der Waals surface area contributed by atoms with Crippen LogP contribution in [0.15, 0.2) is 0 Å². The average molecular weight is 241 g/mol. The Balaban J connectivity index is 2.54. The van der Waals surface area contributed by atoms with Gasteiger partial charge in [-0.3, -0.25) is 4.79 Å². The summed E-state index contributed by atoms with van der Waals surface area (Å²) in [7, 11) is 0. The highest BCUT2D eigenvalue weighted by Gasteiger charge is 2.27. The third-order valence-corrected chi connectivity index (χ3v) is 3.78. The lowest BCUT2D eigenvalue weighted by Crippen LogP contribution is -2.45. The molecule has 1 heterocycles. The number of aliphatic hydroxyl groups excluding tert-OH is 1. The predicted molar refractivity (Wildman–Crippen MR) is 69.7 cm³/mol. The summed E-state index contributed by atoms with van der Waals surface area (Å²) in [5.41, 5.74) is 0. The molecule has 1 aliphatic heterocycles. The molecule has 1 N–H and O–H groups in total. The number of likely N-dealkylation sites (tertiary alicyclic amines) is 1. The molecule has 3 unspecified atom stereocenters. The van der Waals surface area contributed by atoms with Crippen molar-refractivity contribution in [2.45, 2.75) is 71.4 Å². The van der Waals surface area contributed by atoms with Crippen LogP contribution in [-0.4, -0.2) is 34.6 Å². The van der Waals surface area contributed by atoms with Gasteiger partial charge < -0.3 is 10.0 Å². The van der Waals surface area contributed by atoms with Crippen molar-refractivity contribution < 1.29 is 9.90 Å². The van der Waals surface area contributed by atoms with Crippen molar-refractivity contribution >= 4 is 5.91 Å². The predicted octanol–water partition coefficient (Wildman–Crippen LogP) is 2.57. The van der Waals surface area contributed by atoms with Gasteiger partial charge in [-0.2, -0.15) is 0 Å². The Labute approximate surface area is 105 Å². The topological polar surface area (TPSA) is 40.5 Å². The second-order valence-electron chi connectivity index (χ2n) is 5.54. The minimum absolute atomic E-state index is 0.264. The van der Waals surface area contributed by atoms with E-state index in [1.165, 1.54) is 6.42 Å². The van der Waals surface area contributed by atoms with E-state index in [4.69, 9.17) is 0 Å². The Hall–Kier alpha value is -0.570. The van der Waals surface area contributed by atoms with Gasteiger partial charge in [0, 0.05) is 19.0 Å². The first-order valence-electron chi connectivity index (χ1n) is 7.02. The molecule has 3 heteroatoms. The summed E-state index contributed by atoms with van der Waals surface area (Å²) in [4.78, 5) is 14.2. The molecular formula is C14H27NO2. The summed E-state index contributed by atoms with van der Waals surface area (Å²) >= 11 is 0. The van der Waals surface area contributed by atoms with E-state index < -0.39 is 0 Å². The first kappa shape index (κ1) is 14.5. The van der Waals surface area contributed by atoms with E-state index in [0.717, 1.165) is 32.2 Å². The Morgan fingerprint density at radius 1 is 1.41 bits per heavy atom. The third-order valence-electron chi connectivity index (χ3n) is 3.78. The number of rotatable bonds is 5. The van der Waals surface area contributed by atoms with Crippen LogP contribution in [0.4, 0.5) is 0 Å². The van der Waals surface area contributed by atoms with Gasteiger partial charge in [0.05, 0.1) is 6.10 Å². The second kappa shape index (κ2) is 7.00. The second-order valence-corrected chi connectivity index (χ2v) is 5.54. The Kier molecular flexibility index (Phi) is 5.96. The lowest BCUT2D eigenvalue weighted by molar-refractivity contribution is -0.136. The molecule has 1 aliphatic rings. The van der Waals surface area contributed by atoms with Crippen LogP contribution in [0.1, 0.15) is 59.3 Å². The van der Waals surface area contributed by atoms with E-state index in [9.17, 15) is 9.90 Å². The molecule has 1 rings (SSSR count). The zero-order valence-corrected chi connectivity index (χ0v) is 11.5. The Morgan fingerprint density at radius 2 is 2.12 bits per heavy atom. The van der Waals surface area contributed by atoms with Gasteiger partial charge in [-0.15, -0.1) is 0 Å². The molecule has 1 saturated heterocycles. The molecule has 1 fully saturated rings. The molecule has 0 bridgehead atoms. The van der Waals surface area contributed by atoms with Crippen LogP contribution >= 0.6 is 0 Å². The van der Waals surface area contributed by atoms with Crippen LogP contribution in [0.3, 0.4) is 0 Å². The van der Waals surface area contributed by atoms with Crippen molar-refractivity contribution in [2.24, 2.45) is 5.92 Å². The van der Waals surface area contributed by atoms with Crippen molar-refractivity contribution in [1.29, 1.82) is 0 Å². The minimum Gasteiger partial charge on any atom is -0.393 e. The molecule has 0 aromatic carbocycles. The molecule has 1 amide bonds. The summed E-state index contributed by atoms with van der Waals surface area (Å²) < 4.78 is 0. The molecule has 0 aromatic rings. The molecule has 0 radical (unpaired) electrons. The molecule has 100 valence electrons. The number of carbonyl (C=O) groups excluding carboxylic acids is 1. The van der Waals surface area contributed by atoms with Gasteiger partial charge >= 0.3 is 0 Å². The minimum atomic E-state index is -0.308. The third kappa shape index (κ3) is 4.66. The molecule has 3 atom stereocenters. The standard InChI is InChI=1S/C14H27NO2/c1-4-11(2)9-14(17)15-8-6-5-7-13(15)10-12(3)16/h11-13,16H,4-10H2,1-3H3. The molecule has 3 nitrogen and oxygen atoms in total. The van der Waals surface area contributed by atoms with E-state index in [1.807, 2.05) is 11.8 Å². The highest BCUT2D eigenvalue weighted by atomic mass is 16.3. The SMILES string of the molecule is CCC(C)CC(=O)N1CCCCC1CC(C)O. The lowest BCUT2D eigenvalue weighted by atomic mass is 9.95. The maximum atomic E-state index is 12.2. The summed E-state index contributed by atoms with van der Waals surface area (Å²) in [6.45, 7) is 6.95. The van der Waals surface area contributed by atoms with Crippen LogP contribution in [0.2, 0.25) is 0 Å². The van der Waals surface area contributed by atoms with Crippen molar-refractivity contribution in [1.82, 2.24) is 4.90 Å². The van der Waals surface area contributed by atoms with Gasteiger partial charge in [0.2, 0.25) is 5.91 Å². The fourth-order valence-corrected chi connectivity index (χ4v) is 2.53. The van der Waals surface area contributed by atoms with Gasteiger partial charge in [-0.25, -0.2) is 0 Å². The highest BCUT2D eigenvalue weighted by molar-refractivity contribution is 5.76. The molecule has 17 heavy (non-hydrogen) atoms. The van der Waals surface area contributed by atoms with Crippen LogP contribution in [-0.2, 0) is 4.79 Å². The maximum absolute atomic E-state index is 12.2. The molecule has 0 saturated carbocycles. The number of carbonyl (C=O) groups is 1. The molecule has 0 aromatic heterocycles. The van der Waals surface area contributed by atoms with Crippen LogP contribution in [0.5, 0.6) is 0 Å². The first-order chi connectivity index (χ1) is 8.04. The number of amides is 1. The summed E-state index contributed by atoms with van der Waals surface area (Å²) in [6.07, 6.45) is 5.49. The zero-order chi connectivity index (χ0) is 12.8. The zero-order valence-electron chi connectivity index (χ0n) is 11.5. The quantitative estimate of drug-likeness (QED) is 0.803. The fourth-order valence-electron chi connectivity index (χ4n) is 2.53. The Bertz CT molecular complexity index is 240. The van der Waals surface area contributed by atoms with E-state index in [0.29, 0.717) is 12.3 Å². The van der Waals surface area contributed by atoms with Crippen LogP contribution < -0.4 is 0 Å². The monoisotopic (exact) mass is 241 g/mol. The van der Waals surface area contributed by atoms with E-state index in [1.54, 1.807) is 0 Å². The number of nitrogens with zero attached hydrogens (tertiary/aromatic N) is 1. The number of hydrogen-bond acceptors (Lipinski definition) is 2. The Morgan fingerprint density at radius 3 is 2.71 bits per heavy atom. The number of piperidine rings is 1. The number of hydrogen-bond donors (Lipinski definition) is 1. The smallest absolute Gasteiger partial charge is 0.223 e. The van der Waals surface area contributed by atoms with Crippen LogP contribution in [0.25, 0.3) is 0 Å². The van der Waals surface area contributed by atoms with E-state index in [2.05, 4.69) is 13.8 Å². The summed E-state index contributed by atoms with van der Waals surface area (Å²) in [5, 5.41) is 9.49. The average Bonchev–Trinajstić information content (AvgIpc) is 2.28. The van der Waals surface area contributed by atoms with E-state index in [-0.39, 0.29) is 18.1 Å². The van der Waals surface area contributed by atoms with Crippen molar-refractivity contribution in [3.05, 3.63) is 0 Å². The molecule has 0 aliphatic carbocycles. The van der Waals surface area contributed by atoms with Crippen molar-refractivity contribution in [3.63, 3.8) is 0 Å². The van der Waals surface area contributed by atoms with Gasteiger partial charge in [0.15, 0.2) is 0 Å². The van der Waals surface area contributed by atoms with Crippen LogP contribution in [0, 0.1) is 5.92 Å². The summed E-state index contributed by atoms with van der Waals surface area (Å²) in [5.74, 6) is 0.751. The molecule has 0 spiro atoms. The van der Waals surface area contributed by atoms with Crippen molar-refractivity contribution in [3.8, 4) is 0 Å². The van der Waals surface area contributed by atoms with Gasteiger partial charge in [-0.05, 0) is 38.5 Å². The first-order valence-corrected chi connectivity index (χ1v) is 7.02. The largest absolute Gasteiger partial charge is 0.393 e. The van der Waals surface area contributed by atoms with E-state index >= 15 is 0 Å².